The van der Waals surface area contributed by atoms with E-state index >= 15 is 0 Å². The van der Waals surface area contributed by atoms with Gasteiger partial charge in [-0.1, -0.05) is 55.2 Å². The van der Waals surface area contributed by atoms with E-state index in [1.165, 1.54) is 0 Å². The first-order valence-corrected chi connectivity index (χ1v) is 10.00. The number of methoxy groups -OCH3 is 1. The monoisotopic (exact) mass is 482 g/mol. The lowest BCUT2D eigenvalue weighted by atomic mass is 10.1. The van der Waals surface area contributed by atoms with Gasteiger partial charge in [0, 0.05) is 40.8 Å². The minimum Gasteiger partial charge on any atom is -0.493 e. The minimum atomic E-state index is 0. The molecule has 0 saturated carbocycles. The number of likely N-dealkylation sites (N-methyl/N-ethyl adjacent to an activating group) is 1. The van der Waals surface area contributed by atoms with Crippen LogP contribution >= 0.6 is 48.0 Å². The van der Waals surface area contributed by atoms with Crippen LogP contribution in [0.4, 0.5) is 0 Å². The normalized spacial score (nSPS) is 10.3. The standard InChI is InChI=1S/C21H28Cl2N2O2.2ClH/c1-4-25(5-2)12-11-24-14-16-7-6-8-20(26-3)21(16)27-15-17-9-10-18(22)13-19(17)23;;/h6-10,13,24H,4-5,11-12,14-15H2,1-3H3;2*1H. The van der Waals surface area contributed by atoms with E-state index in [2.05, 4.69) is 24.1 Å². The number of halogens is 4. The highest BCUT2D eigenvalue weighted by molar-refractivity contribution is 6.35. The molecule has 0 aliphatic rings. The highest BCUT2D eigenvalue weighted by atomic mass is 35.5. The molecule has 0 saturated heterocycles. The zero-order chi connectivity index (χ0) is 19.6. The third-order valence-electron chi connectivity index (χ3n) is 4.48. The maximum absolute atomic E-state index is 6.26. The summed E-state index contributed by atoms with van der Waals surface area (Å²) in [4.78, 5) is 2.39. The lowest BCUT2D eigenvalue weighted by Crippen LogP contribution is -2.31. The van der Waals surface area contributed by atoms with Gasteiger partial charge in [-0.15, -0.1) is 24.8 Å². The number of benzene rings is 2. The Morgan fingerprint density at radius 2 is 1.72 bits per heavy atom. The number of para-hydroxylation sites is 1. The summed E-state index contributed by atoms with van der Waals surface area (Å²) >= 11 is 12.2. The van der Waals surface area contributed by atoms with Crippen LogP contribution in [0, 0.1) is 0 Å². The lowest BCUT2D eigenvalue weighted by molar-refractivity contribution is 0.279. The first kappa shape index (κ1) is 28.1. The largest absolute Gasteiger partial charge is 0.493 e. The summed E-state index contributed by atoms with van der Waals surface area (Å²) in [6, 6.07) is 11.3. The van der Waals surface area contributed by atoms with E-state index in [1.54, 1.807) is 13.2 Å². The van der Waals surface area contributed by atoms with Crippen molar-refractivity contribution < 1.29 is 9.47 Å². The second-order valence-electron chi connectivity index (χ2n) is 6.18. The highest BCUT2D eigenvalue weighted by Gasteiger charge is 2.12. The van der Waals surface area contributed by atoms with Crippen molar-refractivity contribution in [2.75, 3.05) is 33.3 Å². The number of ether oxygens (including phenoxy) is 2. The van der Waals surface area contributed by atoms with E-state index in [0.29, 0.717) is 28.9 Å². The smallest absolute Gasteiger partial charge is 0.166 e. The van der Waals surface area contributed by atoms with Crippen LogP contribution in [0.25, 0.3) is 0 Å². The zero-order valence-electron chi connectivity index (χ0n) is 17.0. The lowest BCUT2D eigenvalue weighted by Gasteiger charge is -2.19. The molecule has 0 radical (unpaired) electrons. The Kier molecular flexibility index (Phi) is 14.5. The second-order valence-corrected chi connectivity index (χ2v) is 7.02. The molecule has 0 amide bonds. The van der Waals surface area contributed by atoms with Crippen LogP contribution in [0.1, 0.15) is 25.0 Å². The van der Waals surface area contributed by atoms with Crippen LogP contribution in [-0.2, 0) is 13.2 Å². The number of hydrogen-bond donors (Lipinski definition) is 1. The molecular formula is C21H30Cl4N2O2. The highest BCUT2D eigenvalue weighted by Crippen LogP contribution is 2.32. The number of rotatable bonds is 11. The summed E-state index contributed by atoms with van der Waals surface area (Å²) in [6.45, 7) is 9.49. The molecule has 2 rings (SSSR count). The van der Waals surface area contributed by atoms with Gasteiger partial charge in [0.2, 0.25) is 0 Å². The van der Waals surface area contributed by atoms with Crippen molar-refractivity contribution in [3.05, 3.63) is 57.6 Å². The van der Waals surface area contributed by atoms with Crippen molar-refractivity contribution in [1.82, 2.24) is 10.2 Å². The molecule has 2 aromatic rings. The molecule has 0 unspecified atom stereocenters. The van der Waals surface area contributed by atoms with Gasteiger partial charge in [-0.05, 0) is 31.3 Å². The Bertz CT molecular complexity index is 728. The molecule has 0 aliphatic heterocycles. The van der Waals surface area contributed by atoms with E-state index in [4.69, 9.17) is 32.7 Å². The topological polar surface area (TPSA) is 33.7 Å². The molecule has 0 aromatic heterocycles. The van der Waals surface area contributed by atoms with Crippen LogP contribution in [0.3, 0.4) is 0 Å². The SMILES string of the molecule is CCN(CC)CCNCc1cccc(OC)c1OCc1ccc(Cl)cc1Cl.Cl.Cl. The Labute approximate surface area is 196 Å². The number of nitrogens with zero attached hydrogens (tertiary/aromatic N) is 1. The maximum Gasteiger partial charge on any atom is 0.166 e. The van der Waals surface area contributed by atoms with Crippen molar-refractivity contribution in [2.24, 2.45) is 0 Å². The molecule has 2 aromatic carbocycles. The molecule has 164 valence electrons. The van der Waals surface area contributed by atoms with Crippen molar-refractivity contribution >= 4 is 48.0 Å². The summed E-state index contributed by atoms with van der Waals surface area (Å²) in [7, 11) is 1.65. The molecule has 1 N–H and O–H groups in total. The summed E-state index contributed by atoms with van der Waals surface area (Å²) in [5.74, 6) is 1.45. The van der Waals surface area contributed by atoms with Crippen LogP contribution in [-0.4, -0.2) is 38.2 Å². The van der Waals surface area contributed by atoms with Gasteiger partial charge in [-0.3, -0.25) is 0 Å². The fraction of sp³-hybridized carbons (Fsp3) is 0.429. The number of hydrogen-bond acceptors (Lipinski definition) is 4. The van der Waals surface area contributed by atoms with E-state index in [1.807, 2.05) is 30.3 Å². The van der Waals surface area contributed by atoms with E-state index < -0.39 is 0 Å². The van der Waals surface area contributed by atoms with Gasteiger partial charge in [-0.2, -0.15) is 0 Å². The third-order valence-corrected chi connectivity index (χ3v) is 5.07. The fourth-order valence-electron chi connectivity index (χ4n) is 2.81. The predicted molar refractivity (Wildman–Crippen MR) is 128 cm³/mol. The summed E-state index contributed by atoms with van der Waals surface area (Å²) in [5, 5.41) is 4.69. The van der Waals surface area contributed by atoms with Gasteiger partial charge in [0.05, 0.1) is 7.11 Å². The average Bonchev–Trinajstić information content (AvgIpc) is 2.67. The van der Waals surface area contributed by atoms with Crippen molar-refractivity contribution in [1.29, 1.82) is 0 Å². The molecule has 4 nitrogen and oxygen atoms in total. The Morgan fingerprint density at radius 1 is 1.00 bits per heavy atom. The quantitative estimate of drug-likeness (QED) is 0.406. The third kappa shape index (κ3) is 8.79. The second kappa shape index (κ2) is 15.0. The van der Waals surface area contributed by atoms with Crippen LogP contribution < -0.4 is 14.8 Å². The molecule has 8 heteroatoms. The maximum atomic E-state index is 6.26. The zero-order valence-corrected chi connectivity index (χ0v) is 20.2. The molecule has 0 bridgehead atoms. The van der Waals surface area contributed by atoms with Gasteiger partial charge in [0.15, 0.2) is 11.5 Å². The summed E-state index contributed by atoms with van der Waals surface area (Å²) in [6.07, 6.45) is 0. The average molecular weight is 484 g/mol. The molecular weight excluding hydrogens is 454 g/mol. The molecule has 0 atom stereocenters. The Morgan fingerprint density at radius 3 is 2.34 bits per heavy atom. The first-order valence-electron chi connectivity index (χ1n) is 9.24. The molecule has 0 spiro atoms. The Hall–Kier alpha value is -0.880. The van der Waals surface area contributed by atoms with E-state index in [9.17, 15) is 0 Å². The fourth-order valence-corrected chi connectivity index (χ4v) is 3.28. The van der Waals surface area contributed by atoms with Gasteiger partial charge < -0.3 is 19.7 Å². The van der Waals surface area contributed by atoms with Gasteiger partial charge >= 0.3 is 0 Å². The minimum absolute atomic E-state index is 0. The molecule has 0 fully saturated rings. The van der Waals surface area contributed by atoms with Crippen molar-refractivity contribution in [2.45, 2.75) is 27.0 Å². The van der Waals surface area contributed by atoms with Crippen LogP contribution in [0.2, 0.25) is 10.0 Å². The van der Waals surface area contributed by atoms with Crippen molar-refractivity contribution in [3.63, 3.8) is 0 Å². The first-order chi connectivity index (χ1) is 13.1. The van der Waals surface area contributed by atoms with E-state index in [-0.39, 0.29) is 24.8 Å². The van der Waals surface area contributed by atoms with Gasteiger partial charge in [-0.25, -0.2) is 0 Å². The molecule has 29 heavy (non-hydrogen) atoms. The van der Waals surface area contributed by atoms with Crippen LogP contribution in [0.5, 0.6) is 11.5 Å². The van der Waals surface area contributed by atoms with Crippen molar-refractivity contribution in [3.8, 4) is 11.5 Å². The molecule has 0 aliphatic carbocycles. The predicted octanol–water partition coefficient (Wildman–Crippen LogP) is 5.86. The van der Waals surface area contributed by atoms with E-state index in [0.717, 1.165) is 43.1 Å². The number of nitrogens with one attached hydrogen (secondary N) is 1. The van der Waals surface area contributed by atoms with Gasteiger partial charge in [0.1, 0.15) is 6.61 Å². The van der Waals surface area contributed by atoms with Crippen LogP contribution in [0.15, 0.2) is 36.4 Å². The Balaban J connectivity index is 0.00000392. The molecule has 0 heterocycles. The summed E-state index contributed by atoms with van der Waals surface area (Å²) in [5.41, 5.74) is 1.94. The van der Waals surface area contributed by atoms with Gasteiger partial charge in [0.25, 0.3) is 0 Å². The summed E-state index contributed by atoms with van der Waals surface area (Å²) < 4.78 is 11.6.